The van der Waals surface area contributed by atoms with E-state index in [0.29, 0.717) is 41.5 Å². The number of piperazine rings is 1. The number of anilines is 3. The van der Waals surface area contributed by atoms with Gasteiger partial charge in [-0.25, -0.2) is 4.98 Å². The van der Waals surface area contributed by atoms with Gasteiger partial charge in [-0.3, -0.25) is 14.3 Å². The van der Waals surface area contributed by atoms with Gasteiger partial charge in [0.2, 0.25) is 5.91 Å². The molecule has 13 heteroatoms. The monoisotopic (exact) mass is 610 g/mol. The molecule has 0 unspecified atom stereocenters. The molecule has 1 fully saturated rings. The summed E-state index contributed by atoms with van der Waals surface area (Å²) in [6.45, 7) is 16.0. The highest BCUT2D eigenvalue weighted by atomic mass is 16.5. The van der Waals surface area contributed by atoms with Crippen LogP contribution in [0.1, 0.15) is 64.4 Å². The van der Waals surface area contributed by atoms with Gasteiger partial charge in [0.15, 0.2) is 23.1 Å². The summed E-state index contributed by atoms with van der Waals surface area (Å²) in [7, 11) is 4.85. The molecule has 1 aliphatic rings. The molecular weight excluding hydrogens is 560 g/mol. The van der Waals surface area contributed by atoms with E-state index in [1.807, 2.05) is 39.8 Å². The zero-order valence-electron chi connectivity index (χ0n) is 27.6. The van der Waals surface area contributed by atoms with Gasteiger partial charge in [0, 0.05) is 59.3 Å². The van der Waals surface area contributed by atoms with Crippen LogP contribution in [0.25, 0.3) is 11.4 Å². The second-order valence-electron chi connectivity index (χ2n) is 9.66. The summed E-state index contributed by atoms with van der Waals surface area (Å²) in [6, 6.07) is 7.07. The molecule has 0 radical (unpaired) electrons. The third-order valence-electron chi connectivity index (χ3n) is 6.78. The van der Waals surface area contributed by atoms with Crippen molar-refractivity contribution in [1.29, 1.82) is 0 Å². The molecule has 3 heterocycles. The van der Waals surface area contributed by atoms with E-state index < -0.39 is 5.91 Å². The molecule has 0 spiro atoms. The average Bonchev–Trinajstić information content (AvgIpc) is 3.50. The third-order valence-corrected chi connectivity index (χ3v) is 6.78. The second-order valence-corrected chi connectivity index (χ2v) is 9.66. The first-order valence-electron chi connectivity index (χ1n) is 15.6. The quantitative estimate of drug-likeness (QED) is 0.273. The maximum absolute atomic E-state index is 12.8. The largest absolute Gasteiger partial charge is 0.494 e. The van der Waals surface area contributed by atoms with Crippen molar-refractivity contribution in [3.8, 4) is 17.1 Å². The van der Waals surface area contributed by atoms with E-state index in [2.05, 4.69) is 53.0 Å². The normalized spacial score (nSPS) is 13.1. The van der Waals surface area contributed by atoms with Gasteiger partial charge in [-0.05, 0) is 25.1 Å². The number of nitrogens with zero attached hydrogens (tertiary/aromatic N) is 7. The molecule has 3 N–H and O–H groups in total. The lowest BCUT2D eigenvalue weighted by Crippen LogP contribution is -2.47. The summed E-state index contributed by atoms with van der Waals surface area (Å²) in [5.41, 5.74) is 1.68. The van der Waals surface area contributed by atoms with Crippen molar-refractivity contribution < 1.29 is 14.3 Å². The van der Waals surface area contributed by atoms with Gasteiger partial charge in [0.25, 0.3) is 5.91 Å². The van der Waals surface area contributed by atoms with E-state index in [1.54, 1.807) is 37.3 Å². The number of hydrogen-bond donors (Lipinski definition) is 3. The number of unbranched alkanes of at least 4 members (excludes halogenated alkanes) is 1. The van der Waals surface area contributed by atoms with Crippen LogP contribution >= 0.6 is 0 Å². The standard InChI is InChI=1S/C27H38N10O3.2C2H6/c1-5-6-11-36-13-15-37(16-14-36)12-10-23(38)31-22-17-21(24(33-32-22)27(39)28-2)30-20-9-7-8-19(25(20)40-4)26-29-18-35(3)34-26;2*1-2/h7-9,17-18H,5-6,10-16H2,1-4H3,(H,28,39)(H2,30,31,32,38);2*1-2H3. The van der Waals surface area contributed by atoms with Gasteiger partial charge >= 0.3 is 0 Å². The van der Waals surface area contributed by atoms with Crippen LogP contribution in [0.2, 0.25) is 0 Å². The van der Waals surface area contributed by atoms with Gasteiger partial charge in [-0.2, -0.15) is 5.10 Å². The summed E-state index contributed by atoms with van der Waals surface area (Å²) < 4.78 is 7.29. The van der Waals surface area contributed by atoms with Crippen LogP contribution in [-0.4, -0.2) is 100 Å². The van der Waals surface area contributed by atoms with Crippen LogP contribution in [0.5, 0.6) is 5.75 Å². The Morgan fingerprint density at radius 1 is 0.977 bits per heavy atom. The number of carbonyl (C=O) groups is 2. The Balaban J connectivity index is 0.00000162. The number of methoxy groups -OCH3 is 1. The summed E-state index contributed by atoms with van der Waals surface area (Å²) in [4.78, 5) is 34.4. The van der Waals surface area contributed by atoms with Gasteiger partial charge in [-0.15, -0.1) is 10.2 Å². The molecule has 242 valence electrons. The number of aromatic nitrogens is 5. The molecule has 2 aromatic heterocycles. The molecule has 1 aliphatic heterocycles. The number of benzene rings is 1. The Bertz CT molecular complexity index is 1310. The molecular formula is C31H50N10O3. The third kappa shape index (κ3) is 10.3. The van der Waals surface area contributed by atoms with Gasteiger partial charge in [-0.1, -0.05) is 47.1 Å². The highest BCUT2D eigenvalue weighted by molar-refractivity contribution is 5.99. The molecule has 44 heavy (non-hydrogen) atoms. The number of hydrogen-bond acceptors (Lipinski definition) is 10. The minimum Gasteiger partial charge on any atom is -0.494 e. The van der Waals surface area contributed by atoms with Crippen LogP contribution in [0.4, 0.5) is 17.2 Å². The Morgan fingerprint density at radius 2 is 1.66 bits per heavy atom. The minimum atomic E-state index is -0.424. The maximum atomic E-state index is 12.8. The minimum absolute atomic E-state index is 0.0739. The Morgan fingerprint density at radius 3 is 2.25 bits per heavy atom. The van der Waals surface area contributed by atoms with E-state index in [4.69, 9.17) is 4.74 Å². The molecule has 0 aliphatic carbocycles. The van der Waals surface area contributed by atoms with Gasteiger partial charge < -0.3 is 30.5 Å². The molecule has 1 aromatic carbocycles. The van der Waals surface area contributed by atoms with Crippen molar-refractivity contribution in [2.45, 2.75) is 53.9 Å². The van der Waals surface area contributed by atoms with Crippen molar-refractivity contribution in [3.63, 3.8) is 0 Å². The number of ether oxygens (including phenoxy) is 1. The second kappa shape index (κ2) is 19.2. The van der Waals surface area contributed by atoms with Gasteiger partial charge in [0.05, 0.1) is 24.0 Å². The number of rotatable bonds is 12. The molecule has 4 rings (SSSR count). The lowest BCUT2D eigenvalue weighted by atomic mass is 10.1. The van der Waals surface area contributed by atoms with Crippen LogP contribution in [0.3, 0.4) is 0 Å². The number of aryl methyl sites for hydroxylation is 1. The lowest BCUT2D eigenvalue weighted by molar-refractivity contribution is -0.116. The smallest absolute Gasteiger partial charge is 0.273 e. The first kappa shape index (κ1) is 36.1. The first-order valence-corrected chi connectivity index (χ1v) is 15.6. The highest BCUT2D eigenvalue weighted by Gasteiger charge is 2.20. The van der Waals surface area contributed by atoms with E-state index >= 15 is 0 Å². The number of nitrogens with one attached hydrogen (secondary N) is 3. The van der Waals surface area contributed by atoms with Crippen LogP contribution in [0.15, 0.2) is 30.6 Å². The summed E-state index contributed by atoms with van der Waals surface area (Å²) in [5.74, 6) is 0.645. The zero-order chi connectivity index (χ0) is 32.5. The Hall–Kier alpha value is -4.10. The van der Waals surface area contributed by atoms with E-state index in [9.17, 15) is 9.59 Å². The Labute approximate surface area is 261 Å². The zero-order valence-corrected chi connectivity index (χ0v) is 27.6. The van der Waals surface area contributed by atoms with Crippen molar-refractivity contribution in [1.82, 2.24) is 40.1 Å². The van der Waals surface area contributed by atoms with Crippen molar-refractivity contribution >= 4 is 29.0 Å². The molecule has 0 saturated carbocycles. The van der Waals surface area contributed by atoms with Gasteiger partial charge in [0.1, 0.15) is 6.33 Å². The predicted molar refractivity (Wildman–Crippen MR) is 175 cm³/mol. The molecule has 13 nitrogen and oxygen atoms in total. The number of para-hydroxylation sites is 1. The van der Waals surface area contributed by atoms with Crippen molar-refractivity contribution in [2.75, 3.05) is 64.1 Å². The predicted octanol–water partition coefficient (Wildman–Crippen LogP) is 4.18. The first-order chi connectivity index (χ1) is 21.4. The lowest BCUT2D eigenvalue weighted by Gasteiger charge is -2.34. The fourth-order valence-corrected chi connectivity index (χ4v) is 4.56. The Kier molecular flexibility index (Phi) is 15.8. The number of amides is 2. The fourth-order valence-electron chi connectivity index (χ4n) is 4.56. The fraction of sp³-hybridized carbons (Fsp3) is 0.548. The average molecular weight is 611 g/mol. The van der Waals surface area contributed by atoms with E-state index in [1.165, 1.54) is 19.9 Å². The van der Waals surface area contributed by atoms with Crippen molar-refractivity contribution in [3.05, 3.63) is 36.3 Å². The number of carbonyl (C=O) groups excluding carboxylic acids is 2. The molecule has 2 amide bonds. The van der Waals surface area contributed by atoms with E-state index in [0.717, 1.165) is 32.7 Å². The van der Waals surface area contributed by atoms with Crippen LogP contribution in [-0.2, 0) is 11.8 Å². The molecule has 0 atom stereocenters. The molecule has 1 saturated heterocycles. The molecule has 3 aromatic rings. The summed E-state index contributed by atoms with van der Waals surface area (Å²) >= 11 is 0. The highest BCUT2D eigenvalue weighted by Crippen LogP contribution is 2.37. The maximum Gasteiger partial charge on any atom is 0.273 e. The topological polar surface area (TPSA) is 142 Å². The molecule has 0 bridgehead atoms. The van der Waals surface area contributed by atoms with E-state index in [-0.39, 0.29) is 17.4 Å². The summed E-state index contributed by atoms with van der Waals surface area (Å²) in [6.07, 6.45) is 4.36. The SMILES string of the molecule is CC.CC.CCCCN1CCN(CCC(=O)Nc2cc(Nc3cccc(-c4ncn(C)n4)c3OC)c(C(=O)NC)nn2)CC1. The summed E-state index contributed by atoms with van der Waals surface area (Å²) in [5, 5.41) is 21.2. The van der Waals surface area contributed by atoms with Crippen molar-refractivity contribution in [2.24, 2.45) is 7.05 Å². The van der Waals surface area contributed by atoms with Crippen LogP contribution in [0, 0.1) is 0 Å². The van der Waals surface area contributed by atoms with Crippen LogP contribution < -0.4 is 20.7 Å².